The highest BCUT2D eigenvalue weighted by Gasteiger charge is 2.33. The smallest absolute Gasteiger partial charge is 0.0540 e. The van der Waals surface area contributed by atoms with Crippen molar-refractivity contribution in [1.82, 2.24) is 15.1 Å². The molecule has 3 rings (SSSR count). The fourth-order valence-electron chi connectivity index (χ4n) is 2.90. The largest absolute Gasteiger partial charge is 0.310 e. The van der Waals surface area contributed by atoms with E-state index < -0.39 is 0 Å². The summed E-state index contributed by atoms with van der Waals surface area (Å²) in [5.41, 5.74) is 2.88. The summed E-state index contributed by atoms with van der Waals surface area (Å²) in [5.74, 6) is 1.88. The van der Waals surface area contributed by atoms with E-state index in [0.29, 0.717) is 6.04 Å². The van der Waals surface area contributed by atoms with Crippen LogP contribution in [0.25, 0.3) is 0 Å². The number of aromatic nitrogens is 2. The van der Waals surface area contributed by atoms with E-state index in [4.69, 9.17) is 0 Å². The van der Waals surface area contributed by atoms with Crippen molar-refractivity contribution in [3.05, 3.63) is 17.5 Å². The summed E-state index contributed by atoms with van der Waals surface area (Å²) in [6, 6.07) is 0.560. The molecule has 1 fully saturated rings. The average Bonchev–Trinajstić information content (AvgIpc) is 2.86. The Hall–Kier alpha value is -0.830. The van der Waals surface area contributed by atoms with Crippen LogP contribution in [-0.4, -0.2) is 16.3 Å². The van der Waals surface area contributed by atoms with Crippen LogP contribution in [0.1, 0.15) is 43.5 Å². The standard InChI is InChI=1S/C13H21N3/c1-9-6-10(9)7-14-12-4-3-5-13-11(12)8-15-16(13)2/h8-10,12,14H,3-7H2,1-2H3. The summed E-state index contributed by atoms with van der Waals surface area (Å²) in [6.07, 6.45) is 7.25. The SMILES string of the molecule is CC1CC1CNC1CCCc2c1cnn2C. The van der Waals surface area contributed by atoms with Crippen LogP contribution in [0, 0.1) is 11.8 Å². The Morgan fingerprint density at radius 3 is 3.12 bits per heavy atom. The van der Waals surface area contributed by atoms with Gasteiger partial charge in [0.05, 0.1) is 6.20 Å². The topological polar surface area (TPSA) is 29.9 Å². The van der Waals surface area contributed by atoms with E-state index >= 15 is 0 Å². The number of fused-ring (bicyclic) bond motifs is 1. The minimum absolute atomic E-state index is 0.560. The highest BCUT2D eigenvalue weighted by molar-refractivity contribution is 5.24. The Kier molecular flexibility index (Phi) is 2.51. The van der Waals surface area contributed by atoms with Gasteiger partial charge < -0.3 is 5.32 Å². The molecule has 16 heavy (non-hydrogen) atoms. The first-order valence-electron chi connectivity index (χ1n) is 6.50. The maximum Gasteiger partial charge on any atom is 0.0540 e. The summed E-state index contributed by atoms with van der Waals surface area (Å²) in [5, 5.41) is 8.11. The average molecular weight is 219 g/mol. The molecule has 1 N–H and O–H groups in total. The van der Waals surface area contributed by atoms with E-state index in [1.165, 1.54) is 43.5 Å². The van der Waals surface area contributed by atoms with Crippen LogP contribution in [0.2, 0.25) is 0 Å². The summed E-state index contributed by atoms with van der Waals surface area (Å²) >= 11 is 0. The van der Waals surface area contributed by atoms with Gasteiger partial charge >= 0.3 is 0 Å². The van der Waals surface area contributed by atoms with Gasteiger partial charge in [-0.15, -0.1) is 0 Å². The van der Waals surface area contributed by atoms with E-state index in [-0.39, 0.29) is 0 Å². The molecule has 88 valence electrons. The van der Waals surface area contributed by atoms with Crippen molar-refractivity contribution in [2.45, 2.75) is 38.6 Å². The van der Waals surface area contributed by atoms with Gasteiger partial charge in [-0.1, -0.05) is 6.92 Å². The van der Waals surface area contributed by atoms with E-state index in [2.05, 4.69) is 30.6 Å². The maximum absolute atomic E-state index is 4.38. The maximum atomic E-state index is 4.38. The van der Waals surface area contributed by atoms with Crippen LogP contribution in [0.3, 0.4) is 0 Å². The fourth-order valence-corrected chi connectivity index (χ4v) is 2.90. The van der Waals surface area contributed by atoms with Crippen LogP contribution < -0.4 is 5.32 Å². The fraction of sp³-hybridized carbons (Fsp3) is 0.769. The first-order chi connectivity index (χ1) is 7.75. The normalized spacial score (nSPS) is 32.5. The van der Waals surface area contributed by atoms with Gasteiger partial charge in [-0.3, -0.25) is 4.68 Å². The van der Waals surface area contributed by atoms with Gasteiger partial charge in [-0.05, 0) is 44.1 Å². The minimum Gasteiger partial charge on any atom is -0.310 e. The Labute approximate surface area is 97.2 Å². The molecule has 3 atom stereocenters. The Balaban J connectivity index is 1.67. The van der Waals surface area contributed by atoms with Gasteiger partial charge in [-0.25, -0.2) is 0 Å². The van der Waals surface area contributed by atoms with Crippen molar-refractivity contribution < 1.29 is 0 Å². The quantitative estimate of drug-likeness (QED) is 0.843. The van der Waals surface area contributed by atoms with Gasteiger partial charge in [-0.2, -0.15) is 5.10 Å². The molecule has 2 aliphatic rings. The minimum atomic E-state index is 0.560. The number of hydrogen-bond donors (Lipinski definition) is 1. The van der Waals surface area contributed by atoms with E-state index in [1.54, 1.807) is 0 Å². The van der Waals surface area contributed by atoms with E-state index in [9.17, 15) is 0 Å². The molecule has 0 radical (unpaired) electrons. The van der Waals surface area contributed by atoms with Gasteiger partial charge in [0.2, 0.25) is 0 Å². The lowest BCUT2D eigenvalue weighted by atomic mass is 9.93. The monoisotopic (exact) mass is 219 g/mol. The van der Waals surface area contributed by atoms with Crippen LogP contribution in [0.5, 0.6) is 0 Å². The third-order valence-electron chi connectivity index (χ3n) is 4.28. The van der Waals surface area contributed by atoms with Gasteiger partial charge in [0.1, 0.15) is 0 Å². The number of nitrogens with one attached hydrogen (secondary N) is 1. The molecule has 3 unspecified atom stereocenters. The second-order valence-electron chi connectivity index (χ2n) is 5.50. The summed E-state index contributed by atoms with van der Waals surface area (Å²) in [6.45, 7) is 3.54. The molecule has 3 nitrogen and oxygen atoms in total. The van der Waals surface area contributed by atoms with Gasteiger partial charge in [0.15, 0.2) is 0 Å². The van der Waals surface area contributed by atoms with Crippen LogP contribution in [-0.2, 0) is 13.5 Å². The van der Waals surface area contributed by atoms with Crippen LogP contribution >= 0.6 is 0 Å². The van der Waals surface area contributed by atoms with Crippen molar-refractivity contribution in [3.63, 3.8) is 0 Å². The van der Waals surface area contributed by atoms with Crippen molar-refractivity contribution in [3.8, 4) is 0 Å². The first-order valence-corrected chi connectivity index (χ1v) is 6.50. The van der Waals surface area contributed by atoms with E-state index in [0.717, 1.165) is 11.8 Å². The summed E-state index contributed by atoms with van der Waals surface area (Å²) in [4.78, 5) is 0. The van der Waals surface area contributed by atoms with Crippen LogP contribution in [0.15, 0.2) is 6.20 Å². The van der Waals surface area contributed by atoms with Crippen molar-refractivity contribution in [2.75, 3.05) is 6.54 Å². The Morgan fingerprint density at radius 2 is 2.38 bits per heavy atom. The highest BCUT2D eigenvalue weighted by Crippen LogP contribution is 2.38. The van der Waals surface area contributed by atoms with Crippen LogP contribution in [0.4, 0.5) is 0 Å². The number of rotatable bonds is 3. The van der Waals surface area contributed by atoms with Crippen molar-refractivity contribution in [1.29, 1.82) is 0 Å². The molecular weight excluding hydrogens is 198 g/mol. The molecule has 1 saturated carbocycles. The second kappa shape index (κ2) is 3.88. The molecular formula is C13H21N3. The molecule has 1 aromatic heterocycles. The zero-order valence-corrected chi connectivity index (χ0v) is 10.2. The third-order valence-corrected chi connectivity index (χ3v) is 4.28. The molecule has 2 aliphatic carbocycles. The number of nitrogens with zero attached hydrogens (tertiary/aromatic N) is 2. The molecule has 1 heterocycles. The molecule has 3 heteroatoms. The first kappa shape index (κ1) is 10.3. The summed E-state index contributed by atoms with van der Waals surface area (Å²) < 4.78 is 2.04. The lowest BCUT2D eigenvalue weighted by Gasteiger charge is -2.24. The third kappa shape index (κ3) is 1.77. The number of aryl methyl sites for hydroxylation is 1. The molecule has 0 saturated heterocycles. The van der Waals surface area contributed by atoms with Crippen molar-refractivity contribution in [2.24, 2.45) is 18.9 Å². The van der Waals surface area contributed by atoms with E-state index in [1.807, 2.05) is 4.68 Å². The molecule has 0 bridgehead atoms. The molecule has 1 aromatic rings. The number of hydrogen-bond acceptors (Lipinski definition) is 2. The molecule has 0 amide bonds. The van der Waals surface area contributed by atoms with Gasteiger partial charge in [0.25, 0.3) is 0 Å². The lowest BCUT2D eigenvalue weighted by Crippen LogP contribution is -2.27. The Bertz CT molecular complexity index is 383. The zero-order valence-electron chi connectivity index (χ0n) is 10.2. The Morgan fingerprint density at radius 1 is 1.56 bits per heavy atom. The predicted octanol–water partition coefficient (Wildman–Crippen LogP) is 2.04. The second-order valence-corrected chi connectivity index (χ2v) is 5.50. The molecule has 0 aromatic carbocycles. The highest BCUT2D eigenvalue weighted by atomic mass is 15.3. The molecule has 0 aliphatic heterocycles. The lowest BCUT2D eigenvalue weighted by molar-refractivity contribution is 0.439. The van der Waals surface area contributed by atoms with Crippen molar-refractivity contribution >= 4 is 0 Å². The zero-order chi connectivity index (χ0) is 11.1. The predicted molar refractivity (Wildman–Crippen MR) is 64.2 cm³/mol. The molecule has 0 spiro atoms. The van der Waals surface area contributed by atoms with Gasteiger partial charge in [0, 0.05) is 24.3 Å². The summed E-state index contributed by atoms with van der Waals surface area (Å²) in [7, 11) is 2.06.